The second kappa shape index (κ2) is 5.92. The van der Waals surface area contributed by atoms with Crippen LogP contribution in [0.25, 0.3) is 6.08 Å². The van der Waals surface area contributed by atoms with Gasteiger partial charge in [-0.15, -0.1) is 11.3 Å². The summed E-state index contributed by atoms with van der Waals surface area (Å²) in [7, 11) is 0. The lowest BCUT2D eigenvalue weighted by Crippen LogP contribution is -2.10. The van der Waals surface area contributed by atoms with Crippen LogP contribution in [0, 0.1) is 20.8 Å². The van der Waals surface area contributed by atoms with Gasteiger partial charge in [0.1, 0.15) is 0 Å². The lowest BCUT2D eigenvalue weighted by molar-refractivity contribution is -0.131. The normalized spacial score (nSPS) is 11.0. The third-order valence-electron chi connectivity index (χ3n) is 2.94. The van der Waals surface area contributed by atoms with Crippen molar-refractivity contribution in [1.29, 1.82) is 0 Å². The Morgan fingerprint density at radius 2 is 2.10 bits per heavy atom. The number of anilines is 1. The van der Waals surface area contributed by atoms with Crippen molar-refractivity contribution >= 4 is 35.2 Å². The van der Waals surface area contributed by atoms with E-state index in [1.807, 2.05) is 13.8 Å². The van der Waals surface area contributed by atoms with Gasteiger partial charge in [0.25, 0.3) is 5.91 Å². The summed E-state index contributed by atoms with van der Waals surface area (Å²) < 4.78 is 5.03. The van der Waals surface area contributed by atoms with E-state index in [4.69, 9.17) is 9.63 Å². The van der Waals surface area contributed by atoms with Gasteiger partial charge >= 0.3 is 5.97 Å². The lowest BCUT2D eigenvalue weighted by atomic mass is 10.2. The van der Waals surface area contributed by atoms with E-state index in [-0.39, 0.29) is 5.91 Å². The number of aromatic nitrogens is 1. The standard InChI is InChI=1S/C14H14N2O4S/c1-7-6-11(21-10(7)4-5-12(17)18)13(19)15-14-8(2)9(3)16-20-14/h4-6H,1-3H3,(H,15,19)(H,17,18)/b5-4+. The van der Waals surface area contributed by atoms with Gasteiger partial charge < -0.3 is 9.63 Å². The largest absolute Gasteiger partial charge is 0.478 e. The molecular weight excluding hydrogens is 292 g/mol. The highest BCUT2D eigenvalue weighted by molar-refractivity contribution is 7.15. The summed E-state index contributed by atoms with van der Waals surface area (Å²) in [5.41, 5.74) is 2.34. The number of carbonyl (C=O) groups excluding carboxylic acids is 1. The fourth-order valence-electron chi connectivity index (χ4n) is 1.62. The van der Waals surface area contributed by atoms with Crippen LogP contribution in [0.15, 0.2) is 16.7 Å². The molecule has 0 saturated carbocycles. The fourth-order valence-corrected chi connectivity index (χ4v) is 2.59. The number of hydrogen-bond donors (Lipinski definition) is 2. The van der Waals surface area contributed by atoms with E-state index >= 15 is 0 Å². The number of carbonyl (C=O) groups is 2. The Morgan fingerprint density at radius 3 is 2.67 bits per heavy atom. The zero-order chi connectivity index (χ0) is 15.6. The fraction of sp³-hybridized carbons (Fsp3) is 0.214. The lowest BCUT2D eigenvalue weighted by Gasteiger charge is -1.99. The summed E-state index contributed by atoms with van der Waals surface area (Å²) in [4.78, 5) is 23.9. The Morgan fingerprint density at radius 1 is 1.38 bits per heavy atom. The van der Waals surface area contributed by atoms with Crippen molar-refractivity contribution < 1.29 is 19.2 Å². The number of nitrogens with one attached hydrogen (secondary N) is 1. The summed E-state index contributed by atoms with van der Waals surface area (Å²) in [6, 6.07) is 1.71. The van der Waals surface area contributed by atoms with Crippen LogP contribution in [0.1, 0.15) is 31.4 Å². The molecule has 110 valence electrons. The Hall–Kier alpha value is -2.41. The third-order valence-corrected chi connectivity index (χ3v) is 4.14. The van der Waals surface area contributed by atoms with Crippen molar-refractivity contribution in [3.8, 4) is 0 Å². The van der Waals surface area contributed by atoms with E-state index in [1.165, 1.54) is 17.4 Å². The molecule has 7 heteroatoms. The highest BCUT2D eigenvalue weighted by Gasteiger charge is 2.16. The van der Waals surface area contributed by atoms with Gasteiger partial charge in [-0.3, -0.25) is 10.1 Å². The van der Waals surface area contributed by atoms with Crippen LogP contribution in [-0.2, 0) is 4.79 Å². The van der Waals surface area contributed by atoms with Crippen LogP contribution < -0.4 is 5.32 Å². The van der Waals surface area contributed by atoms with Gasteiger partial charge in [0.05, 0.1) is 10.6 Å². The van der Waals surface area contributed by atoms with Crippen molar-refractivity contribution in [3.63, 3.8) is 0 Å². The molecule has 0 saturated heterocycles. The van der Waals surface area contributed by atoms with Crippen LogP contribution in [0.5, 0.6) is 0 Å². The second-order valence-corrected chi connectivity index (χ2v) is 5.59. The minimum atomic E-state index is -1.03. The Labute approximate surface area is 125 Å². The van der Waals surface area contributed by atoms with E-state index in [0.29, 0.717) is 10.8 Å². The molecule has 0 aliphatic heterocycles. The number of thiophene rings is 1. The predicted molar refractivity (Wildman–Crippen MR) is 79.7 cm³/mol. The molecule has 0 fully saturated rings. The minimum Gasteiger partial charge on any atom is -0.478 e. The van der Waals surface area contributed by atoms with E-state index in [9.17, 15) is 9.59 Å². The van der Waals surface area contributed by atoms with Gasteiger partial charge in [0, 0.05) is 16.5 Å². The van der Waals surface area contributed by atoms with Gasteiger partial charge in [-0.05, 0) is 38.5 Å². The first-order valence-corrected chi connectivity index (χ1v) is 6.95. The molecule has 0 aliphatic rings. The van der Waals surface area contributed by atoms with Crippen molar-refractivity contribution in [2.75, 3.05) is 5.32 Å². The number of carboxylic acid groups (broad SMARTS) is 1. The first-order valence-electron chi connectivity index (χ1n) is 6.14. The maximum Gasteiger partial charge on any atom is 0.328 e. The van der Waals surface area contributed by atoms with Gasteiger partial charge in [0.15, 0.2) is 0 Å². The summed E-state index contributed by atoms with van der Waals surface area (Å²) in [5.74, 6) is -1.01. The SMILES string of the molecule is Cc1cc(C(=O)Nc2onc(C)c2C)sc1/C=C/C(=O)O. The molecule has 0 radical (unpaired) electrons. The summed E-state index contributed by atoms with van der Waals surface area (Å²) in [6.45, 7) is 5.42. The number of aliphatic carboxylic acids is 1. The van der Waals surface area contributed by atoms with Gasteiger partial charge in [0.2, 0.25) is 5.88 Å². The first kappa shape index (κ1) is 15.0. The van der Waals surface area contributed by atoms with E-state index < -0.39 is 5.97 Å². The number of hydrogen-bond acceptors (Lipinski definition) is 5. The molecule has 0 aromatic carbocycles. The molecule has 0 spiro atoms. The number of aryl methyl sites for hydroxylation is 2. The Balaban J connectivity index is 2.18. The third kappa shape index (κ3) is 3.38. The molecule has 6 nitrogen and oxygen atoms in total. The van der Waals surface area contributed by atoms with Crippen molar-refractivity contribution in [2.24, 2.45) is 0 Å². The van der Waals surface area contributed by atoms with E-state index in [0.717, 1.165) is 27.8 Å². The molecule has 2 rings (SSSR count). The van der Waals surface area contributed by atoms with Crippen molar-refractivity contribution in [2.45, 2.75) is 20.8 Å². The van der Waals surface area contributed by atoms with Crippen molar-refractivity contribution in [3.05, 3.63) is 38.7 Å². The molecular formula is C14H14N2O4S. The highest BCUT2D eigenvalue weighted by atomic mass is 32.1. The zero-order valence-electron chi connectivity index (χ0n) is 11.8. The predicted octanol–water partition coefficient (Wildman–Crippen LogP) is 3.01. The summed E-state index contributed by atoms with van der Waals surface area (Å²) in [5, 5.41) is 15.1. The number of carboxylic acids is 1. The van der Waals surface area contributed by atoms with Crippen molar-refractivity contribution in [1.82, 2.24) is 5.16 Å². The Bertz CT molecular complexity index is 727. The van der Waals surface area contributed by atoms with E-state index in [1.54, 1.807) is 13.0 Å². The number of nitrogens with zero attached hydrogens (tertiary/aromatic N) is 1. The topological polar surface area (TPSA) is 92.4 Å². The second-order valence-electron chi connectivity index (χ2n) is 4.51. The maximum absolute atomic E-state index is 12.2. The molecule has 2 aromatic rings. The smallest absolute Gasteiger partial charge is 0.328 e. The van der Waals surface area contributed by atoms with Crippen LogP contribution in [0.2, 0.25) is 0 Å². The zero-order valence-corrected chi connectivity index (χ0v) is 12.6. The summed E-state index contributed by atoms with van der Waals surface area (Å²) in [6.07, 6.45) is 2.52. The maximum atomic E-state index is 12.2. The van der Waals surface area contributed by atoms with Crippen LogP contribution in [-0.4, -0.2) is 22.1 Å². The molecule has 2 heterocycles. The van der Waals surface area contributed by atoms with Crippen LogP contribution in [0.4, 0.5) is 5.88 Å². The van der Waals surface area contributed by atoms with Gasteiger partial charge in [-0.2, -0.15) is 0 Å². The van der Waals surface area contributed by atoms with Gasteiger partial charge in [-0.25, -0.2) is 4.79 Å². The summed E-state index contributed by atoms with van der Waals surface area (Å²) >= 11 is 1.22. The molecule has 0 bridgehead atoms. The molecule has 0 atom stereocenters. The minimum absolute atomic E-state index is 0.308. The number of amides is 1. The average Bonchev–Trinajstić information content (AvgIpc) is 2.94. The number of rotatable bonds is 4. The van der Waals surface area contributed by atoms with Crippen LogP contribution >= 0.6 is 11.3 Å². The molecule has 2 N–H and O–H groups in total. The van der Waals surface area contributed by atoms with Gasteiger partial charge in [-0.1, -0.05) is 5.16 Å². The highest BCUT2D eigenvalue weighted by Crippen LogP contribution is 2.25. The molecule has 0 aliphatic carbocycles. The van der Waals surface area contributed by atoms with Crippen LogP contribution in [0.3, 0.4) is 0 Å². The Kier molecular flexibility index (Phi) is 4.23. The quantitative estimate of drug-likeness (QED) is 0.847. The monoisotopic (exact) mass is 306 g/mol. The molecule has 21 heavy (non-hydrogen) atoms. The van der Waals surface area contributed by atoms with E-state index in [2.05, 4.69) is 10.5 Å². The average molecular weight is 306 g/mol. The molecule has 1 amide bonds. The molecule has 0 unspecified atom stereocenters. The molecule has 2 aromatic heterocycles. The first-order chi connectivity index (χ1) is 9.88.